The lowest BCUT2D eigenvalue weighted by Gasteiger charge is -2.27. The number of allylic oxidation sites excluding steroid dienone is 1. The van der Waals surface area contributed by atoms with Crippen LogP contribution in [0.1, 0.15) is 39.0 Å². The molecule has 2 nitrogen and oxygen atoms in total. The molecule has 3 aliphatic carbocycles. The highest BCUT2D eigenvalue weighted by Gasteiger charge is 2.50. The number of carbonyl (C=O) groups is 1. The summed E-state index contributed by atoms with van der Waals surface area (Å²) in [7, 11) is 0. The number of rotatable bonds is 2. The second-order valence-corrected chi connectivity index (χ2v) is 5.18. The number of carbonyl (C=O) groups excluding carboxylic acids is 1. The summed E-state index contributed by atoms with van der Waals surface area (Å²) in [6.45, 7) is 1.86. The molecule has 4 unspecified atom stereocenters. The van der Waals surface area contributed by atoms with Crippen molar-refractivity contribution >= 4 is 5.97 Å². The Bertz CT molecular complexity index is 318. The Morgan fingerprint density at radius 2 is 2.33 bits per heavy atom. The molecule has 3 rings (SSSR count). The molecule has 0 aromatic heterocycles. The summed E-state index contributed by atoms with van der Waals surface area (Å²) in [5, 5.41) is 0. The molecule has 0 radical (unpaired) electrons. The number of fused-ring (bicyclic) bond motifs is 3. The summed E-state index contributed by atoms with van der Waals surface area (Å²) in [5.74, 6) is 2.62. The normalized spacial score (nSPS) is 41.5. The molecular weight excluding hydrogens is 188 g/mol. The summed E-state index contributed by atoms with van der Waals surface area (Å²) in [4.78, 5) is 11.2. The Hall–Kier alpha value is -0.790. The fourth-order valence-corrected chi connectivity index (χ4v) is 3.32. The molecule has 0 spiro atoms. The van der Waals surface area contributed by atoms with E-state index < -0.39 is 0 Å². The van der Waals surface area contributed by atoms with Crippen LogP contribution in [0.5, 0.6) is 0 Å². The van der Waals surface area contributed by atoms with Crippen LogP contribution in [0, 0.1) is 17.8 Å². The maximum atomic E-state index is 11.2. The number of esters is 1. The van der Waals surface area contributed by atoms with Crippen molar-refractivity contribution in [1.29, 1.82) is 0 Å². The number of ether oxygens (including phenoxy) is 1. The van der Waals surface area contributed by atoms with Gasteiger partial charge in [0.1, 0.15) is 6.10 Å². The largest absolute Gasteiger partial charge is 0.462 e. The van der Waals surface area contributed by atoms with Crippen molar-refractivity contribution in [3.05, 3.63) is 11.6 Å². The highest BCUT2D eigenvalue weighted by molar-refractivity contribution is 5.69. The maximum absolute atomic E-state index is 11.2. The van der Waals surface area contributed by atoms with Gasteiger partial charge in [-0.2, -0.15) is 0 Å². The average Bonchev–Trinajstić information content (AvgIpc) is 2.91. The quantitative estimate of drug-likeness (QED) is 0.513. The lowest BCUT2D eigenvalue weighted by Crippen LogP contribution is -2.24. The van der Waals surface area contributed by atoms with E-state index in [0.29, 0.717) is 6.42 Å². The van der Waals surface area contributed by atoms with Gasteiger partial charge in [0.25, 0.3) is 0 Å². The second kappa shape index (κ2) is 3.36. The zero-order valence-electron chi connectivity index (χ0n) is 9.24. The van der Waals surface area contributed by atoms with Crippen LogP contribution in [0.4, 0.5) is 0 Å². The summed E-state index contributed by atoms with van der Waals surface area (Å²) < 4.78 is 5.42. The molecule has 82 valence electrons. The molecule has 0 N–H and O–H groups in total. The zero-order valence-corrected chi connectivity index (χ0v) is 9.24. The van der Waals surface area contributed by atoms with E-state index in [1.54, 1.807) is 5.57 Å². The predicted molar refractivity (Wildman–Crippen MR) is 57.2 cm³/mol. The fourth-order valence-electron chi connectivity index (χ4n) is 3.32. The van der Waals surface area contributed by atoms with Crippen LogP contribution in [0.25, 0.3) is 0 Å². The van der Waals surface area contributed by atoms with E-state index in [1.807, 2.05) is 6.92 Å². The molecule has 0 amide bonds. The van der Waals surface area contributed by atoms with E-state index >= 15 is 0 Å². The third kappa shape index (κ3) is 1.60. The Morgan fingerprint density at radius 3 is 3.13 bits per heavy atom. The average molecular weight is 206 g/mol. The molecule has 4 atom stereocenters. The lowest BCUT2D eigenvalue weighted by molar-refractivity contribution is -0.149. The minimum Gasteiger partial charge on any atom is -0.462 e. The smallest absolute Gasteiger partial charge is 0.305 e. The van der Waals surface area contributed by atoms with Gasteiger partial charge in [0.15, 0.2) is 0 Å². The summed E-state index contributed by atoms with van der Waals surface area (Å²) >= 11 is 0. The Balaban J connectivity index is 1.63. The van der Waals surface area contributed by atoms with Gasteiger partial charge in [-0.1, -0.05) is 18.6 Å². The van der Waals surface area contributed by atoms with Crippen molar-refractivity contribution in [3.8, 4) is 0 Å². The minimum atomic E-state index is -0.0417. The van der Waals surface area contributed by atoms with Crippen LogP contribution >= 0.6 is 0 Å². The van der Waals surface area contributed by atoms with E-state index in [-0.39, 0.29) is 12.1 Å². The Kier molecular flexibility index (Phi) is 2.11. The topological polar surface area (TPSA) is 26.3 Å². The first-order valence-corrected chi connectivity index (χ1v) is 6.17. The molecule has 0 aromatic rings. The molecule has 2 fully saturated rings. The summed E-state index contributed by atoms with van der Waals surface area (Å²) in [6, 6.07) is 0. The molecule has 3 aliphatic rings. The first-order valence-electron chi connectivity index (χ1n) is 6.17. The van der Waals surface area contributed by atoms with Crippen LogP contribution < -0.4 is 0 Å². The first kappa shape index (κ1) is 9.44. The molecule has 0 bridgehead atoms. The molecule has 0 aliphatic heterocycles. The zero-order chi connectivity index (χ0) is 10.4. The van der Waals surface area contributed by atoms with Crippen LogP contribution in [0.2, 0.25) is 0 Å². The Morgan fingerprint density at radius 1 is 1.47 bits per heavy atom. The molecule has 2 heteroatoms. The van der Waals surface area contributed by atoms with E-state index in [9.17, 15) is 4.79 Å². The Labute approximate surface area is 90.7 Å². The first-order chi connectivity index (χ1) is 7.28. The van der Waals surface area contributed by atoms with Crippen molar-refractivity contribution in [1.82, 2.24) is 0 Å². The van der Waals surface area contributed by atoms with Crippen molar-refractivity contribution < 1.29 is 9.53 Å². The van der Waals surface area contributed by atoms with Gasteiger partial charge in [0, 0.05) is 12.8 Å². The van der Waals surface area contributed by atoms with Crippen LogP contribution in [0.15, 0.2) is 11.6 Å². The van der Waals surface area contributed by atoms with E-state index in [2.05, 4.69) is 6.08 Å². The molecular formula is C13H18O2. The minimum absolute atomic E-state index is 0.0417. The predicted octanol–water partition coefficient (Wildman–Crippen LogP) is 2.68. The van der Waals surface area contributed by atoms with Gasteiger partial charge in [-0.05, 0) is 37.0 Å². The van der Waals surface area contributed by atoms with Gasteiger partial charge in [0.2, 0.25) is 0 Å². The molecule has 15 heavy (non-hydrogen) atoms. The van der Waals surface area contributed by atoms with Gasteiger partial charge in [-0.15, -0.1) is 0 Å². The van der Waals surface area contributed by atoms with E-state index in [0.717, 1.165) is 30.6 Å². The van der Waals surface area contributed by atoms with E-state index in [4.69, 9.17) is 4.74 Å². The van der Waals surface area contributed by atoms with Gasteiger partial charge in [-0.3, -0.25) is 4.79 Å². The molecule has 0 saturated heterocycles. The SMILES string of the molecule is CCC(=O)OC1CC=C2C(C1)CC1CC21. The monoisotopic (exact) mass is 206 g/mol. The second-order valence-electron chi connectivity index (χ2n) is 5.18. The summed E-state index contributed by atoms with van der Waals surface area (Å²) in [6.07, 6.45) is 7.87. The highest BCUT2D eigenvalue weighted by atomic mass is 16.5. The van der Waals surface area contributed by atoms with Gasteiger partial charge in [-0.25, -0.2) is 0 Å². The van der Waals surface area contributed by atoms with Crippen LogP contribution in [0.3, 0.4) is 0 Å². The molecule has 2 saturated carbocycles. The molecule has 0 aromatic carbocycles. The number of hydrogen-bond acceptors (Lipinski definition) is 2. The van der Waals surface area contributed by atoms with Crippen LogP contribution in [-0.2, 0) is 9.53 Å². The number of hydrogen-bond donors (Lipinski definition) is 0. The maximum Gasteiger partial charge on any atom is 0.305 e. The van der Waals surface area contributed by atoms with Crippen molar-refractivity contribution in [2.24, 2.45) is 17.8 Å². The van der Waals surface area contributed by atoms with Gasteiger partial charge < -0.3 is 4.74 Å². The standard InChI is InChI=1S/C13H18O2/c1-2-13(14)15-10-3-4-11-8(6-10)5-9-7-12(9)11/h4,8-10,12H,2-3,5-7H2,1H3. The van der Waals surface area contributed by atoms with Gasteiger partial charge in [0.05, 0.1) is 0 Å². The van der Waals surface area contributed by atoms with Crippen LogP contribution in [-0.4, -0.2) is 12.1 Å². The fraction of sp³-hybridized carbons (Fsp3) is 0.769. The summed E-state index contributed by atoms with van der Waals surface area (Å²) in [5.41, 5.74) is 1.70. The van der Waals surface area contributed by atoms with Gasteiger partial charge >= 0.3 is 5.97 Å². The third-order valence-corrected chi connectivity index (χ3v) is 4.16. The third-order valence-electron chi connectivity index (χ3n) is 4.16. The van der Waals surface area contributed by atoms with Crippen molar-refractivity contribution in [2.45, 2.75) is 45.1 Å². The van der Waals surface area contributed by atoms with Crippen molar-refractivity contribution in [2.75, 3.05) is 0 Å². The highest BCUT2D eigenvalue weighted by Crippen LogP contribution is 2.60. The van der Waals surface area contributed by atoms with E-state index in [1.165, 1.54) is 12.8 Å². The van der Waals surface area contributed by atoms with Crippen molar-refractivity contribution in [3.63, 3.8) is 0 Å². The lowest BCUT2D eigenvalue weighted by atomic mass is 9.85. The molecule has 0 heterocycles.